The molecule has 1 aromatic rings. The van der Waals surface area contributed by atoms with E-state index in [0.29, 0.717) is 23.6 Å². The van der Waals surface area contributed by atoms with Gasteiger partial charge in [-0.15, -0.1) is 0 Å². The van der Waals surface area contributed by atoms with E-state index in [-0.39, 0.29) is 12.8 Å². The summed E-state index contributed by atoms with van der Waals surface area (Å²) in [4.78, 5) is 7.97. The fourth-order valence-corrected chi connectivity index (χ4v) is 1.85. The van der Waals surface area contributed by atoms with E-state index in [2.05, 4.69) is 22.6 Å². The van der Waals surface area contributed by atoms with Gasteiger partial charge in [-0.05, 0) is 12.2 Å². The van der Waals surface area contributed by atoms with Gasteiger partial charge in [0.15, 0.2) is 0 Å². The van der Waals surface area contributed by atoms with Crippen LogP contribution < -0.4 is 0 Å². The lowest BCUT2D eigenvalue weighted by molar-refractivity contribution is 0.0284. The quantitative estimate of drug-likeness (QED) is 0.623. The van der Waals surface area contributed by atoms with E-state index in [9.17, 15) is 8.78 Å². The van der Waals surface area contributed by atoms with Gasteiger partial charge in [0.25, 0.3) is 0 Å². The van der Waals surface area contributed by atoms with E-state index in [1.165, 1.54) is 12.4 Å². The maximum Gasteiger partial charge on any atom is 0.134 e. The summed E-state index contributed by atoms with van der Waals surface area (Å²) in [6.45, 7) is -0.650. The zero-order chi connectivity index (χ0) is 14.3. The molecule has 0 aromatic carbocycles. The number of alkyl halides is 2. The molecule has 4 nitrogen and oxygen atoms in total. The summed E-state index contributed by atoms with van der Waals surface area (Å²) in [5.41, 5.74) is 0.771. The first kappa shape index (κ1) is 16.3. The first-order chi connectivity index (χ1) is 9.06. The van der Waals surface area contributed by atoms with Crippen LogP contribution in [0, 0.1) is 0 Å². The highest BCUT2D eigenvalue weighted by atomic mass is 32.1. The van der Waals surface area contributed by atoms with Crippen LogP contribution in [0.4, 0.5) is 8.78 Å². The Kier molecular flexibility index (Phi) is 7.19. The molecule has 1 heterocycles. The van der Waals surface area contributed by atoms with Gasteiger partial charge in [-0.2, -0.15) is 12.6 Å². The van der Waals surface area contributed by atoms with Crippen molar-refractivity contribution in [3.63, 3.8) is 0 Å². The number of thiol groups is 1. The highest BCUT2D eigenvalue weighted by Crippen LogP contribution is 2.10. The van der Waals surface area contributed by atoms with E-state index in [4.69, 9.17) is 10.2 Å². The zero-order valence-corrected chi connectivity index (χ0v) is 11.3. The fourth-order valence-electron chi connectivity index (χ4n) is 1.57. The molecule has 0 aliphatic carbocycles. The van der Waals surface area contributed by atoms with Gasteiger partial charge in [0.05, 0.1) is 18.0 Å². The van der Waals surface area contributed by atoms with Crippen molar-refractivity contribution in [2.24, 2.45) is 0 Å². The van der Waals surface area contributed by atoms with Crippen LogP contribution in [-0.4, -0.2) is 51.0 Å². The molecule has 2 N–H and O–H groups in total. The smallest absolute Gasteiger partial charge is 0.134 e. The molecule has 0 saturated carbocycles. The molecular formula is C12H18F2N2O2S. The molecule has 3 unspecified atom stereocenters. The number of hydrogen-bond acceptors (Lipinski definition) is 5. The maximum absolute atomic E-state index is 13.4. The van der Waals surface area contributed by atoms with Crippen molar-refractivity contribution in [2.75, 3.05) is 12.4 Å². The van der Waals surface area contributed by atoms with Crippen molar-refractivity contribution in [3.05, 3.63) is 23.8 Å². The third-order valence-electron chi connectivity index (χ3n) is 2.62. The molecule has 0 bridgehead atoms. The summed E-state index contributed by atoms with van der Waals surface area (Å²) in [6, 6.07) is 0. The lowest BCUT2D eigenvalue weighted by atomic mass is 10.1. The molecule has 7 heteroatoms. The molecular weight excluding hydrogens is 274 g/mol. The van der Waals surface area contributed by atoms with Gasteiger partial charge in [-0.1, -0.05) is 0 Å². The highest BCUT2D eigenvalue weighted by Gasteiger charge is 2.19. The van der Waals surface area contributed by atoms with E-state index in [1.54, 1.807) is 0 Å². The van der Waals surface area contributed by atoms with Crippen molar-refractivity contribution in [2.45, 2.75) is 37.7 Å². The Morgan fingerprint density at radius 3 is 2.42 bits per heavy atom. The minimum absolute atomic E-state index is 0.112. The predicted octanol–water partition coefficient (Wildman–Crippen LogP) is 0.911. The van der Waals surface area contributed by atoms with E-state index < -0.39 is 25.1 Å². The molecule has 0 amide bonds. The van der Waals surface area contributed by atoms with Gasteiger partial charge in [0, 0.05) is 25.2 Å². The van der Waals surface area contributed by atoms with Crippen LogP contribution >= 0.6 is 12.6 Å². The minimum Gasteiger partial charge on any atom is -0.394 e. The first-order valence-electron chi connectivity index (χ1n) is 6.04. The number of halogens is 2. The van der Waals surface area contributed by atoms with E-state index in [0.717, 1.165) is 0 Å². The molecule has 0 aliphatic heterocycles. The second-order valence-corrected chi connectivity index (χ2v) is 4.73. The summed E-state index contributed by atoms with van der Waals surface area (Å²) in [5, 5.41) is 17.8. The Bertz CT molecular complexity index is 385. The summed E-state index contributed by atoms with van der Waals surface area (Å²) in [5.74, 6) is 0.448. The predicted molar refractivity (Wildman–Crippen MR) is 70.8 cm³/mol. The van der Waals surface area contributed by atoms with Crippen LogP contribution in [0.25, 0.3) is 0 Å². The number of hydrogen-bond donors (Lipinski definition) is 3. The van der Waals surface area contributed by atoms with Crippen LogP contribution in [0.2, 0.25) is 0 Å². The summed E-state index contributed by atoms with van der Waals surface area (Å²) < 4.78 is 26.8. The highest BCUT2D eigenvalue weighted by molar-refractivity contribution is 7.80. The zero-order valence-electron chi connectivity index (χ0n) is 10.4. The number of nitrogens with zero attached hydrogens (tertiary/aromatic N) is 2. The monoisotopic (exact) mass is 292 g/mol. The number of aliphatic hydroxyl groups is 2. The van der Waals surface area contributed by atoms with E-state index >= 15 is 0 Å². The summed E-state index contributed by atoms with van der Waals surface area (Å²) in [7, 11) is 0. The second kappa shape index (κ2) is 8.39. The Labute approximate surface area is 116 Å². The average molecular weight is 292 g/mol. The van der Waals surface area contributed by atoms with Gasteiger partial charge < -0.3 is 10.2 Å². The molecule has 0 saturated heterocycles. The second-order valence-electron chi connectivity index (χ2n) is 4.29. The van der Waals surface area contributed by atoms with Crippen LogP contribution in [0.1, 0.15) is 17.8 Å². The molecule has 3 atom stereocenters. The standard InChI is InChI=1S/C12H18F2N2O2S/c13-8(1-2-19)3-9-5-15-6-10(16-9)4-11(14)12(18)7-17/h5-6,8,11-12,17-19H,1-4,7H2. The first-order valence-corrected chi connectivity index (χ1v) is 6.67. The number of rotatable bonds is 8. The third-order valence-corrected chi connectivity index (χ3v) is 2.87. The molecule has 0 radical (unpaired) electrons. The molecule has 0 aliphatic rings. The fraction of sp³-hybridized carbons (Fsp3) is 0.667. The Hall–Kier alpha value is -0.790. The van der Waals surface area contributed by atoms with E-state index in [1.807, 2.05) is 0 Å². The lowest BCUT2D eigenvalue weighted by Gasteiger charge is -2.13. The van der Waals surface area contributed by atoms with Gasteiger partial charge in [0.1, 0.15) is 18.4 Å². The Morgan fingerprint density at radius 2 is 1.84 bits per heavy atom. The minimum atomic E-state index is -1.62. The normalized spacial score (nSPS) is 16.1. The summed E-state index contributed by atoms with van der Waals surface area (Å²) in [6.07, 6.45) is -1.03. The lowest BCUT2D eigenvalue weighted by Crippen LogP contribution is -2.28. The van der Waals surface area contributed by atoms with Crippen LogP contribution in [-0.2, 0) is 12.8 Å². The van der Waals surface area contributed by atoms with Gasteiger partial charge in [-0.25, -0.2) is 8.78 Å². The Morgan fingerprint density at radius 1 is 1.21 bits per heavy atom. The molecule has 19 heavy (non-hydrogen) atoms. The van der Waals surface area contributed by atoms with Crippen molar-refractivity contribution < 1.29 is 19.0 Å². The van der Waals surface area contributed by atoms with Crippen molar-refractivity contribution >= 4 is 12.6 Å². The van der Waals surface area contributed by atoms with Crippen molar-refractivity contribution in [3.8, 4) is 0 Å². The van der Waals surface area contributed by atoms with Crippen LogP contribution in [0.5, 0.6) is 0 Å². The Balaban J connectivity index is 2.61. The molecule has 1 aromatic heterocycles. The molecule has 0 fully saturated rings. The number of aliphatic hydroxyl groups excluding tert-OH is 2. The van der Waals surface area contributed by atoms with Crippen LogP contribution in [0.15, 0.2) is 12.4 Å². The van der Waals surface area contributed by atoms with Crippen LogP contribution in [0.3, 0.4) is 0 Å². The van der Waals surface area contributed by atoms with Gasteiger partial charge >= 0.3 is 0 Å². The van der Waals surface area contributed by atoms with Gasteiger partial charge in [0.2, 0.25) is 0 Å². The maximum atomic E-state index is 13.4. The molecule has 1 rings (SSSR count). The third kappa shape index (κ3) is 5.80. The molecule has 0 spiro atoms. The summed E-state index contributed by atoms with van der Waals surface area (Å²) >= 11 is 3.95. The van der Waals surface area contributed by atoms with Gasteiger partial charge in [-0.3, -0.25) is 9.97 Å². The average Bonchev–Trinajstić information content (AvgIpc) is 2.38. The number of aromatic nitrogens is 2. The SMILES string of the molecule is OCC(O)C(F)Cc1cncc(CC(F)CCS)n1. The van der Waals surface area contributed by atoms with Crippen molar-refractivity contribution in [1.29, 1.82) is 0 Å². The van der Waals surface area contributed by atoms with Crippen molar-refractivity contribution in [1.82, 2.24) is 9.97 Å². The molecule has 108 valence electrons. The topological polar surface area (TPSA) is 66.2 Å². The largest absolute Gasteiger partial charge is 0.394 e.